The number of alkyl halides is 3. The molecule has 1 atom stereocenters. The fraction of sp³-hybridized carbons (Fsp3) is 0.538. The van der Waals surface area contributed by atoms with Crippen LogP contribution in [0, 0.1) is 0 Å². The maximum absolute atomic E-state index is 12.0. The van der Waals surface area contributed by atoms with Crippen LogP contribution in [0.5, 0.6) is 0 Å². The number of halogens is 3. The Hall–Kier alpha value is -1.63. The van der Waals surface area contributed by atoms with Gasteiger partial charge in [-0.2, -0.15) is 13.2 Å². The second-order valence-electron chi connectivity index (χ2n) is 4.75. The summed E-state index contributed by atoms with van der Waals surface area (Å²) in [6.45, 7) is -0.869. The quantitative estimate of drug-likeness (QED) is 0.920. The Morgan fingerprint density at radius 3 is 2.95 bits per heavy atom. The Balaban J connectivity index is 1.92. The van der Waals surface area contributed by atoms with E-state index in [9.17, 15) is 18.0 Å². The van der Waals surface area contributed by atoms with Gasteiger partial charge in [-0.3, -0.25) is 9.78 Å². The van der Waals surface area contributed by atoms with Crippen molar-refractivity contribution in [1.82, 2.24) is 15.2 Å². The molecule has 1 aliphatic heterocycles. The SMILES string of the molecule is O=C(CNCC(F)(F)F)N1CCCC1c1cccnc1. The number of carbonyl (C=O) groups excluding carboxylic acids is 1. The van der Waals surface area contributed by atoms with Crippen molar-refractivity contribution in [3.05, 3.63) is 30.1 Å². The lowest BCUT2D eigenvalue weighted by Gasteiger charge is -2.25. The zero-order valence-electron chi connectivity index (χ0n) is 10.9. The molecule has 1 aromatic heterocycles. The summed E-state index contributed by atoms with van der Waals surface area (Å²) >= 11 is 0. The molecule has 110 valence electrons. The van der Waals surface area contributed by atoms with Gasteiger partial charge in [-0.15, -0.1) is 0 Å². The molecule has 4 nitrogen and oxygen atoms in total. The van der Waals surface area contributed by atoms with Crippen LogP contribution in [0.25, 0.3) is 0 Å². The molecule has 2 heterocycles. The highest BCUT2D eigenvalue weighted by Crippen LogP contribution is 2.31. The van der Waals surface area contributed by atoms with E-state index in [-0.39, 0.29) is 18.5 Å². The largest absolute Gasteiger partial charge is 0.401 e. The monoisotopic (exact) mass is 287 g/mol. The molecule has 1 unspecified atom stereocenters. The first kappa shape index (κ1) is 14.8. The molecule has 1 amide bonds. The standard InChI is InChI=1S/C13H16F3N3O/c14-13(15,16)9-18-8-12(20)19-6-2-4-11(19)10-3-1-5-17-7-10/h1,3,5,7,11,18H,2,4,6,8-9H2. The second-order valence-corrected chi connectivity index (χ2v) is 4.75. The van der Waals surface area contributed by atoms with E-state index in [1.807, 2.05) is 6.07 Å². The van der Waals surface area contributed by atoms with Crippen molar-refractivity contribution < 1.29 is 18.0 Å². The first-order chi connectivity index (χ1) is 9.47. The lowest BCUT2D eigenvalue weighted by Crippen LogP contribution is -2.40. The smallest absolute Gasteiger partial charge is 0.334 e. The van der Waals surface area contributed by atoms with Crippen molar-refractivity contribution in [3.8, 4) is 0 Å². The summed E-state index contributed by atoms with van der Waals surface area (Å²) in [7, 11) is 0. The van der Waals surface area contributed by atoms with E-state index < -0.39 is 12.7 Å². The maximum Gasteiger partial charge on any atom is 0.401 e. The molecule has 7 heteroatoms. The number of nitrogens with zero attached hydrogens (tertiary/aromatic N) is 2. The Kier molecular flexibility index (Phi) is 4.59. The van der Waals surface area contributed by atoms with E-state index in [0.29, 0.717) is 6.54 Å². The van der Waals surface area contributed by atoms with Crippen molar-refractivity contribution in [1.29, 1.82) is 0 Å². The van der Waals surface area contributed by atoms with Crippen molar-refractivity contribution >= 4 is 5.91 Å². The number of carbonyl (C=O) groups is 1. The Bertz CT molecular complexity index is 450. The first-order valence-electron chi connectivity index (χ1n) is 6.44. The summed E-state index contributed by atoms with van der Waals surface area (Å²) in [5.41, 5.74) is 0.925. The summed E-state index contributed by atoms with van der Waals surface area (Å²) in [6.07, 6.45) is 0.713. The number of aromatic nitrogens is 1. The number of amides is 1. The van der Waals surface area contributed by atoms with Crippen LogP contribution < -0.4 is 5.32 Å². The molecular formula is C13H16F3N3O. The Morgan fingerprint density at radius 1 is 1.50 bits per heavy atom. The molecular weight excluding hydrogens is 271 g/mol. The normalized spacial score (nSPS) is 19.4. The van der Waals surface area contributed by atoms with Gasteiger partial charge >= 0.3 is 6.18 Å². The number of hydrogen-bond acceptors (Lipinski definition) is 3. The van der Waals surface area contributed by atoms with Gasteiger partial charge in [0.1, 0.15) is 0 Å². The first-order valence-corrected chi connectivity index (χ1v) is 6.44. The number of nitrogens with one attached hydrogen (secondary N) is 1. The molecule has 0 spiro atoms. The van der Waals surface area contributed by atoms with Gasteiger partial charge in [0.15, 0.2) is 0 Å². The summed E-state index contributed by atoms with van der Waals surface area (Å²) < 4.78 is 36.1. The van der Waals surface area contributed by atoms with Crippen LogP contribution in [0.15, 0.2) is 24.5 Å². The Labute approximate surface area is 115 Å². The predicted octanol–water partition coefficient (Wildman–Crippen LogP) is 1.90. The van der Waals surface area contributed by atoms with Gasteiger partial charge in [0.05, 0.1) is 19.1 Å². The van der Waals surface area contributed by atoms with Crippen LogP contribution in [0.4, 0.5) is 13.2 Å². The van der Waals surface area contributed by atoms with E-state index in [0.717, 1.165) is 18.4 Å². The highest BCUT2D eigenvalue weighted by molar-refractivity contribution is 5.79. The Morgan fingerprint density at radius 2 is 2.30 bits per heavy atom. The van der Waals surface area contributed by atoms with E-state index in [1.54, 1.807) is 23.4 Å². The van der Waals surface area contributed by atoms with E-state index in [1.165, 1.54) is 0 Å². The molecule has 1 aromatic rings. The van der Waals surface area contributed by atoms with Crippen LogP contribution >= 0.6 is 0 Å². The zero-order chi connectivity index (χ0) is 14.6. The average Bonchev–Trinajstić information content (AvgIpc) is 2.87. The van der Waals surface area contributed by atoms with Gasteiger partial charge in [0.2, 0.25) is 5.91 Å². The minimum absolute atomic E-state index is 0.0797. The molecule has 0 aliphatic carbocycles. The van der Waals surface area contributed by atoms with Crippen molar-refractivity contribution in [2.24, 2.45) is 0 Å². The third-order valence-electron chi connectivity index (χ3n) is 3.24. The molecule has 1 N–H and O–H groups in total. The van der Waals surface area contributed by atoms with E-state index in [2.05, 4.69) is 10.3 Å². The van der Waals surface area contributed by atoms with Gasteiger partial charge in [0.25, 0.3) is 0 Å². The van der Waals surface area contributed by atoms with Crippen molar-refractivity contribution in [2.75, 3.05) is 19.6 Å². The molecule has 0 radical (unpaired) electrons. The molecule has 2 rings (SSSR count). The fourth-order valence-electron chi connectivity index (χ4n) is 2.40. The molecule has 0 bridgehead atoms. The van der Waals surface area contributed by atoms with Gasteiger partial charge in [0, 0.05) is 18.9 Å². The summed E-state index contributed by atoms with van der Waals surface area (Å²) in [5.74, 6) is -0.305. The lowest BCUT2D eigenvalue weighted by molar-refractivity contribution is -0.134. The van der Waals surface area contributed by atoms with Gasteiger partial charge < -0.3 is 10.2 Å². The third kappa shape index (κ3) is 3.93. The number of likely N-dealkylation sites (tertiary alicyclic amines) is 1. The molecule has 0 saturated carbocycles. The van der Waals surface area contributed by atoms with Crippen LogP contribution in [0.3, 0.4) is 0 Å². The van der Waals surface area contributed by atoms with Crippen molar-refractivity contribution in [3.63, 3.8) is 0 Å². The van der Waals surface area contributed by atoms with E-state index >= 15 is 0 Å². The molecule has 0 aromatic carbocycles. The number of rotatable bonds is 4. The molecule has 1 saturated heterocycles. The summed E-state index contributed by atoms with van der Waals surface area (Å²) in [6, 6.07) is 3.59. The molecule has 1 aliphatic rings. The summed E-state index contributed by atoms with van der Waals surface area (Å²) in [4.78, 5) is 17.6. The predicted molar refractivity (Wildman–Crippen MR) is 66.8 cm³/mol. The highest BCUT2D eigenvalue weighted by atomic mass is 19.4. The topological polar surface area (TPSA) is 45.2 Å². The fourth-order valence-corrected chi connectivity index (χ4v) is 2.40. The zero-order valence-corrected chi connectivity index (χ0v) is 10.9. The maximum atomic E-state index is 12.0. The lowest BCUT2D eigenvalue weighted by atomic mass is 10.1. The van der Waals surface area contributed by atoms with E-state index in [4.69, 9.17) is 0 Å². The van der Waals surface area contributed by atoms with Gasteiger partial charge in [-0.25, -0.2) is 0 Å². The average molecular weight is 287 g/mol. The van der Waals surface area contributed by atoms with Gasteiger partial charge in [-0.1, -0.05) is 6.07 Å². The van der Waals surface area contributed by atoms with Crippen LogP contribution in [0.2, 0.25) is 0 Å². The second kappa shape index (κ2) is 6.21. The highest BCUT2D eigenvalue weighted by Gasteiger charge is 2.31. The van der Waals surface area contributed by atoms with Crippen molar-refractivity contribution in [2.45, 2.75) is 25.1 Å². The summed E-state index contributed by atoms with van der Waals surface area (Å²) in [5, 5.41) is 2.14. The number of hydrogen-bond donors (Lipinski definition) is 1. The van der Waals surface area contributed by atoms with Gasteiger partial charge in [-0.05, 0) is 24.5 Å². The molecule has 20 heavy (non-hydrogen) atoms. The number of pyridine rings is 1. The molecule has 1 fully saturated rings. The minimum atomic E-state index is -4.30. The van der Waals surface area contributed by atoms with Crippen LogP contribution in [-0.2, 0) is 4.79 Å². The minimum Gasteiger partial charge on any atom is -0.334 e. The van der Waals surface area contributed by atoms with Crippen LogP contribution in [0.1, 0.15) is 24.4 Å². The van der Waals surface area contributed by atoms with Crippen LogP contribution in [-0.4, -0.2) is 41.6 Å². The third-order valence-corrected chi connectivity index (χ3v) is 3.24.